The smallest absolute Gasteiger partial charge is 0.233 e. The molecule has 0 bridgehead atoms. The van der Waals surface area contributed by atoms with Gasteiger partial charge in [0, 0.05) is 31.6 Å². The van der Waals surface area contributed by atoms with Crippen LogP contribution in [0.25, 0.3) is 0 Å². The molecule has 1 aliphatic rings. The van der Waals surface area contributed by atoms with Crippen LogP contribution in [0.1, 0.15) is 50.3 Å². The van der Waals surface area contributed by atoms with Gasteiger partial charge >= 0.3 is 0 Å². The highest BCUT2D eigenvalue weighted by Crippen LogP contribution is 2.26. The van der Waals surface area contributed by atoms with Gasteiger partial charge in [-0.3, -0.25) is 14.3 Å². The lowest BCUT2D eigenvalue weighted by Gasteiger charge is -2.19. The first kappa shape index (κ1) is 22.6. The second-order valence-corrected chi connectivity index (χ2v) is 9.94. The monoisotopic (exact) mass is 453 g/mol. The first-order valence-corrected chi connectivity index (χ1v) is 12.1. The summed E-state index contributed by atoms with van der Waals surface area (Å²) < 4.78 is 7.57. The predicted octanol–water partition coefficient (Wildman–Crippen LogP) is 3.91. The Morgan fingerprint density at radius 1 is 1.16 bits per heavy atom. The molecular weight excluding hydrogens is 422 g/mol. The number of rotatable bonds is 9. The summed E-state index contributed by atoms with van der Waals surface area (Å²) >= 11 is 1.45. The molecule has 8 heteroatoms. The summed E-state index contributed by atoms with van der Waals surface area (Å²) in [7, 11) is 0. The van der Waals surface area contributed by atoms with Crippen LogP contribution in [0.3, 0.4) is 0 Å². The molecule has 2 atom stereocenters. The van der Waals surface area contributed by atoms with Gasteiger partial charge in [0.1, 0.15) is 11.6 Å². The van der Waals surface area contributed by atoms with Crippen molar-refractivity contribution in [1.29, 1.82) is 0 Å². The van der Waals surface area contributed by atoms with Crippen molar-refractivity contribution in [1.82, 2.24) is 25.0 Å². The molecule has 32 heavy (non-hydrogen) atoms. The fourth-order valence-electron chi connectivity index (χ4n) is 3.99. The molecule has 0 spiro atoms. The van der Waals surface area contributed by atoms with Crippen molar-refractivity contribution in [3.8, 4) is 0 Å². The van der Waals surface area contributed by atoms with Crippen LogP contribution in [0, 0.1) is 0 Å². The molecule has 1 aromatic carbocycles. The minimum atomic E-state index is -0.266. The number of benzene rings is 1. The molecule has 2 unspecified atom stereocenters. The van der Waals surface area contributed by atoms with E-state index in [0.717, 1.165) is 42.8 Å². The first-order valence-electron chi connectivity index (χ1n) is 11.2. The number of likely N-dealkylation sites (tertiary alicyclic amines) is 1. The summed E-state index contributed by atoms with van der Waals surface area (Å²) in [6, 6.07) is 14.5. The first-order chi connectivity index (χ1) is 15.5. The molecule has 170 valence electrons. The molecule has 0 saturated carbocycles. The molecule has 2 aromatic heterocycles. The van der Waals surface area contributed by atoms with Gasteiger partial charge in [-0.1, -0.05) is 55.9 Å². The van der Waals surface area contributed by atoms with Crippen LogP contribution in [-0.2, 0) is 17.9 Å². The molecule has 1 saturated heterocycles. The molecule has 3 heterocycles. The Kier molecular flexibility index (Phi) is 7.32. The van der Waals surface area contributed by atoms with E-state index in [2.05, 4.69) is 63.1 Å². The summed E-state index contributed by atoms with van der Waals surface area (Å²) in [6.45, 7) is 9.47. The minimum Gasteiger partial charge on any atom is -0.467 e. The number of hydrogen-bond acceptors (Lipinski definition) is 6. The molecule has 0 radical (unpaired) electrons. The van der Waals surface area contributed by atoms with E-state index in [1.807, 2.05) is 25.1 Å². The fourth-order valence-corrected chi connectivity index (χ4v) is 4.85. The van der Waals surface area contributed by atoms with Crippen LogP contribution >= 0.6 is 11.8 Å². The summed E-state index contributed by atoms with van der Waals surface area (Å²) in [5.74, 6) is 2.00. The summed E-state index contributed by atoms with van der Waals surface area (Å²) in [6.07, 6.45) is 2.64. The van der Waals surface area contributed by atoms with E-state index in [0.29, 0.717) is 6.54 Å². The minimum absolute atomic E-state index is 0.0419. The Morgan fingerprint density at radius 3 is 2.69 bits per heavy atom. The highest BCUT2D eigenvalue weighted by atomic mass is 32.2. The Morgan fingerprint density at radius 2 is 1.97 bits per heavy atom. The number of amides is 1. The molecule has 0 aliphatic carbocycles. The highest BCUT2D eigenvalue weighted by Gasteiger charge is 2.27. The van der Waals surface area contributed by atoms with Gasteiger partial charge in [-0.05, 0) is 31.0 Å². The van der Waals surface area contributed by atoms with Crippen molar-refractivity contribution in [3.63, 3.8) is 0 Å². The zero-order valence-electron chi connectivity index (χ0n) is 18.9. The Labute approximate surface area is 193 Å². The summed E-state index contributed by atoms with van der Waals surface area (Å²) in [4.78, 5) is 15.3. The van der Waals surface area contributed by atoms with Crippen molar-refractivity contribution in [2.45, 2.75) is 62.6 Å². The largest absolute Gasteiger partial charge is 0.467 e. The molecule has 4 rings (SSSR count). The third-order valence-corrected chi connectivity index (χ3v) is 6.76. The van der Waals surface area contributed by atoms with Crippen LogP contribution in [0.2, 0.25) is 0 Å². The molecule has 1 N–H and O–H groups in total. The van der Waals surface area contributed by atoms with E-state index in [4.69, 9.17) is 4.42 Å². The van der Waals surface area contributed by atoms with Gasteiger partial charge in [-0.25, -0.2) is 0 Å². The third-order valence-electron chi connectivity index (χ3n) is 5.68. The fraction of sp³-hybridized carbons (Fsp3) is 0.458. The standard InChI is InChI=1S/C24H31N5O2S/c1-17(2)22-26-27-24(29(22)16-21-10-7-13-31-21)32-18(3)23(30)25-20-11-12-28(15-20)14-19-8-5-4-6-9-19/h4-10,13,17-18,20H,11-12,14-16H2,1-3H3,(H,25,30). The SMILES string of the molecule is CC(Sc1nnc(C(C)C)n1Cc1ccco1)C(=O)NC1CCN(Cc2ccccc2)C1. The number of nitrogens with one attached hydrogen (secondary N) is 1. The van der Waals surface area contributed by atoms with Crippen molar-refractivity contribution in [2.75, 3.05) is 13.1 Å². The average Bonchev–Trinajstić information content (AvgIpc) is 3.52. The Bertz CT molecular complexity index is 1000. The topological polar surface area (TPSA) is 76.2 Å². The van der Waals surface area contributed by atoms with Crippen molar-refractivity contribution in [2.24, 2.45) is 0 Å². The number of hydrogen-bond donors (Lipinski definition) is 1. The lowest BCUT2D eigenvalue weighted by Crippen LogP contribution is -2.40. The van der Waals surface area contributed by atoms with Crippen molar-refractivity contribution < 1.29 is 9.21 Å². The molecule has 1 amide bonds. The Balaban J connectivity index is 1.34. The van der Waals surface area contributed by atoms with Gasteiger partial charge in [-0.15, -0.1) is 10.2 Å². The van der Waals surface area contributed by atoms with E-state index in [-0.39, 0.29) is 23.1 Å². The van der Waals surface area contributed by atoms with Gasteiger partial charge in [0.15, 0.2) is 5.16 Å². The highest BCUT2D eigenvalue weighted by molar-refractivity contribution is 8.00. The molecular formula is C24H31N5O2S. The molecule has 1 aliphatic heterocycles. The second-order valence-electron chi connectivity index (χ2n) is 8.64. The number of nitrogens with zero attached hydrogens (tertiary/aromatic N) is 4. The molecule has 1 fully saturated rings. The Hall–Kier alpha value is -2.58. The maximum Gasteiger partial charge on any atom is 0.233 e. The van der Waals surface area contributed by atoms with Gasteiger partial charge in [0.2, 0.25) is 5.91 Å². The van der Waals surface area contributed by atoms with Crippen LogP contribution in [0.15, 0.2) is 58.3 Å². The molecule has 7 nitrogen and oxygen atoms in total. The number of aromatic nitrogens is 3. The maximum absolute atomic E-state index is 12.9. The average molecular weight is 454 g/mol. The maximum atomic E-state index is 12.9. The van der Waals surface area contributed by atoms with Crippen LogP contribution < -0.4 is 5.32 Å². The second kappa shape index (κ2) is 10.4. The van der Waals surface area contributed by atoms with Gasteiger partial charge in [0.25, 0.3) is 0 Å². The summed E-state index contributed by atoms with van der Waals surface area (Å²) in [5, 5.41) is 12.5. The quantitative estimate of drug-likeness (QED) is 0.495. The zero-order valence-corrected chi connectivity index (χ0v) is 19.7. The van der Waals surface area contributed by atoms with Crippen LogP contribution in [0.5, 0.6) is 0 Å². The number of thioether (sulfide) groups is 1. The van der Waals surface area contributed by atoms with Gasteiger partial charge in [-0.2, -0.15) is 0 Å². The van der Waals surface area contributed by atoms with Gasteiger partial charge in [0.05, 0.1) is 18.1 Å². The number of carbonyl (C=O) groups is 1. The normalized spacial score (nSPS) is 17.7. The number of furan rings is 1. The van der Waals surface area contributed by atoms with E-state index in [9.17, 15) is 4.79 Å². The lowest BCUT2D eigenvalue weighted by atomic mass is 10.2. The lowest BCUT2D eigenvalue weighted by molar-refractivity contribution is -0.120. The van der Waals surface area contributed by atoms with E-state index in [1.54, 1.807) is 6.26 Å². The van der Waals surface area contributed by atoms with Crippen LogP contribution in [-0.4, -0.2) is 50.0 Å². The van der Waals surface area contributed by atoms with Gasteiger partial charge < -0.3 is 9.73 Å². The predicted molar refractivity (Wildman–Crippen MR) is 126 cm³/mol. The van der Waals surface area contributed by atoms with E-state index >= 15 is 0 Å². The van der Waals surface area contributed by atoms with E-state index in [1.165, 1.54) is 17.3 Å². The zero-order chi connectivity index (χ0) is 22.5. The van der Waals surface area contributed by atoms with Crippen LogP contribution in [0.4, 0.5) is 0 Å². The molecule has 3 aromatic rings. The third kappa shape index (κ3) is 5.61. The van der Waals surface area contributed by atoms with Crippen molar-refractivity contribution >= 4 is 17.7 Å². The number of carbonyl (C=O) groups excluding carboxylic acids is 1. The van der Waals surface area contributed by atoms with Crippen molar-refractivity contribution in [3.05, 3.63) is 65.9 Å². The summed E-state index contributed by atoms with van der Waals surface area (Å²) in [5.41, 5.74) is 1.31. The van der Waals surface area contributed by atoms with E-state index < -0.39 is 0 Å².